The Kier molecular flexibility index (Phi) is 5.58. The largest absolute Gasteiger partial charge is 0.445 e. The lowest BCUT2D eigenvalue weighted by atomic mass is 9.96. The molecule has 0 saturated carbocycles. The van der Waals surface area contributed by atoms with Crippen LogP contribution >= 0.6 is 12.6 Å². The van der Waals surface area contributed by atoms with E-state index in [2.05, 4.69) is 12.6 Å². The molecular formula is C15H21NO2S. The maximum absolute atomic E-state index is 12.0. The van der Waals surface area contributed by atoms with Crippen LogP contribution in [-0.4, -0.2) is 29.8 Å². The van der Waals surface area contributed by atoms with Crippen LogP contribution in [0.25, 0.3) is 0 Å². The number of thiol groups is 1. The molecule has 0 N–H and O–H groups in total. The van der Waals surface area contributed by atoms with Crippen LogP contribution in [0.4, 0.5) is 4.79 Å². The average Bonchev–Trinajstić information content (AvgIpc) is 2.46. The topological polar surface area (TPSA) is 29.5 Å². The third-order valence-electron chi connectivity index (χ3n) is 3.52. The van der Waals surface area contributed by atoms with Gasteiger partial charge in [-0.25, -0.2) is 4.79 Å². The van der Waals surface area contributed by atoms with Crippen LogP contribution < -0.4 is 0 Å². The molecular weight excluding hydrogens is 258 g/mol. The fraction of sp³-hybridized carbons (Fsp3) is 0.533. The molecule has 1 heterocycles. The van der Waals surface area contributed by atoms with Gasteiger partial charge in [0.1, 0.15) is 6.61 Å². The van der Waals surface area contributed by atoms with Crippen LogP contribution in [0.5, 0.6) is 0 Å². The molecule has 1 aliphatic heterocycles. The summed E-state index contributed by atoms with van der Waals surface area (Å²) in [7, 11) is 0. The Bertz CT molecular complexity index is 394. The number of piperidine rings is 1. The van der Waals surface area contributed by atoms with Gasteiger partial charge >= 0.3 is 6.09 Å². The van der Waals surface area contributed by atoms with E-state index in [0.717, 1.165) is 37.2 Å². The molecule has 1 fully saturated rings. The number of ether oxygens (including phenoxy) is 1. The maximum Gasteiger partial charge on any atom is 0.410 e. The molecule has 1 aliphatic rings. The quantitative estimate of drug-likeness (QED) is 0.856. The first-order chi connectivity index (χ1) is 9.29. The van der Waals surface area contributed by atoms with E-state index in [0.29, 0.717) is 12.5 Å². The van der Waals surface area contributed by atoms with Crippen LogP contribution in [-0.2, 0) is 11.3 Å². The second kappa shape index (κ2) is 7.43. The van der Waals surface area contributed by atoms with Crippen molar-refractivity contribution in [3.05, 3.63) is 35.9 Å². The number of hydrogen-bond acceptors (Lipinski definition) is 3. The first kappa shape index (κ1) is 14.3. The van der Waals surface area contributed by atoms with Crippen molar-refractivity contribution < 1.29 is 9.53 Å². The standard InChI is InChI=1S/C15H21NO2S/c17-15(18-12-14-5-2-1-3-6-14)16-9-4-7-13(11-16)8-10-19/h1-3,5-6,13,19H,4,7-12H2. The molecule has 1 amide bonds. The lowest BCUT2D eigenvalue weighted by molar-refractivity contribution is 0.0787. The minimum absolute atomic E-state index is 0.187. The number of carbonyl (C=O) groups excluding carboxylic acids is 1. The van der Waals surface area contributed by atoms with E-state index in [9.17, 15) is 4.79 Å². The summed E-state index contributed by atoms with van der Waals surface area (Å²) in [5.74, 6) is 1.47. The van der Waals surface area contributed by atoms with E-state index in [4.69, 9.17) is 4.74 Å². The molecule has 0 bridgehead atoms. The molecule has 0 spiro atoms. The summed E-state index contributed by atoms with van der Waals surface area (Å²) in [4.78, 5) is 13.8. The van der Waals surface area contributed by atoms with Gasteiger partial charge in [0.15, 0.2) is 0 Å². The summed E-state index contributed by atoms with van der Waals surface area (Å²) in [6.45, 7) is 1.98. The van der Waals surface area contributed by atoms with Crippen molar-refractivity contribution >= 4 is 18.7 Å². The number of amides is 1. The number of benzene rings is 1. The van der Waals surface area contributed by atoms with Gasteiger partial charge in [-0.2, -0.15) is 12.6 Å². The zero-order valence-electron chi connectivity index (χ0n) is 11.1. The molecule has 19 heavy (non-hydrogen) atoms. The Morgan fingerprint density at radius 2 is 2.16 bits per heavy atom. The molecule has 1 atom stereocenters. The van der Waals surface area contributed by atoms with E-state index in [1.165, 1.54) is 6.42 Å². The second-order valence-corrected chi connectivity index (χ2v) is 5.45. The van der Waals surface area contributed by atoms with Crippen LogP contribution in [0, 0.1) is 5.92 Å². The number of carbonyl (C=O) groups is 1. The van der Waals surface area contributed by atoms with Crippen LogP contribution in [0.3, 0.4) is 0 Å². The molecule has 0 aromatic heterocycles. The molecule has 1 aromatic carbocycles. The van der Waals surface area contributed by atoms with E-state index in [1.807, 2.05) is 35.2 Å². The first-order valence-corrected chi connectivity index (χ1v) is 7.49. The van der Waals surface area contributed by atoms with Gasteiger partial charge in [0.25, 0.3) is 0 Å². The predicted octanol–water partition coefficient (Wildman–Crippen LogP) is 3.36. The van der Waals surface area contributed by atoms with Gasteiger partial charge in [-0.05, 0) is 36.5 Å². The Labute approximate surface area is 120 Å². The highest BCUT2D eigenvalue weighted by molar-refractivity contribution is 7.80. The summed E-state index contributed by atoms with van der Waals surface area (Å²) in [6, 6.07) is 9.79. The van der Waals surface area contributed by atoms with E-state index >= 15 is 0 Å². The van der Waals surface area contributed by atoms with Crippen molar-refractivity contribution in [2.24, 2.45) is 5.92 Å². The molecule has 104 valence electrons. The summed E-state index contributed by atoms with van der Waals surface area (Å²) >= 11 is 4.27. The zero-order chi connectivity index (χ0) is 13.5. The van der Waals surface area contributed by atoms with Crippen LogP contribution in [0.15, 0.2) is 30.3 Å². The van der Waals surface area contributed by atoms with Crippen molar-refractivity contribution in [3.8, 4) is 0 Å². The molecule has 2 rings (SSSR count). The monoisotopic (exact) mass is 279 g/mol. The molecule has 1 saturated heterocycles. The predicted molar refractivity (Wildman–Crippen MR) is 79.4 cm³/mol. The summed E-state index contributed by atoms with van der Waals surface area (Å²) in [5, 5.41) is 0. The van der Waals surface area contributed by atoms with Crippen LogP contribution in [0.2, 0.25) is 0 Å². The third-order valence-corrected chi connectivity index (χ3v) is 3.78. The van der Waals surface area contributed by atoms with Gasteiger partial charge in [-0.3, -0.25) is 0 Å². The van der Waals surface area contributed by atoms with Gasteiger partial charge in [0.2, 0.25) is 0 Å². The third kappa shape index (κ3) is 4.46. The average molecular weight is 279 g/mol. The Morgan fingerprint density at radius 3 is 2.89 bits per heavy atom. The normalized spacial score (nSPS) is 19.2. The summed E-state index contributed by atoms with van der Waals surface area (Å²) in [5.41, 5.74) is 1.03. The van der Waals surface area contributed by atoms with E-state index in [1.54, 1.807) is 0 Å². The Balaban J connectivity index is 1.79. The molecule has 0 radical (unpaired) electrons. The van der Waals surface area contributed by atoms with Crippen molar-refractivity contribution in [3.63, 3.8) is 0 Å². The molecule has 3 nitrogen and oxygen atoms in total. The van der Waals surface area contributed by atoms with Crippen LogP contribution in [0.1, 0.15) is 24.8 Å². The molecule has 4 heteroatoms. The zero-order valence-corrected chi connectivity index (χ0v) is 12.0. The minimum atomic E-state index is -0.187. The first-order valence-electron chi connectivity index (χ1n) is 6.86. The molecule has 1 unspecified atom stereocenters. The van der Waals surface area contributed by atoms with Gasteiger partial charge in [-0.1, -0.05) is 30.3 Å². The maximum atomic E-state index is 12.0. The van der Waals surface area contributed by atoms with Crippen molar-refractivity contribution in [1.82, 2.24) is 4.90 Å². The summed E-state index contributed by atoms with van der Waals surface area (Å²) in [6.07, 6.45) is 3.15. The van der Waals surface area contributed by atoms with E-state index in [-0.39, 0.29) is 6.09 Å². The highest BCUT2D eigenvalue weighted by Gasteiger charge is 2.24. The number of nitrogens with zero attached hydrogens (tertiary/aromatic N) is 1. The number of hydrogen-bond donors (Lipinski definition) is 1. The molecule has 0 aliphatic carbocycles. The fourth-order valence-corrected chi connectivity index (χ4v) is 2.82. The lowest BCUT2D eigenvalue weighted by Gasteiger charge is -2.31. The van der Waals surface area contributed by atoms with Crippen molar-refractivity contribution in [1.29, 1.82) is 0 Å². The van der Waals surface area contributed by atoms with Gasteiger partial charge in [-0.15, -0.1) is 0 Å². The number of likely N-dealkylation sites (tertiary alicyclic amines) is 1. The summed E-state index contributed by atoms with van der Waals surface area (Å²) < 4.78 is 5.36. The fourth-order valence-electron chi connectivity index (χ4n) is 2.46. The lowest BCUT2D eigenvalue weighted by Crippen LogP contribution is -2.40. The SMILES string of the molecule is O=C(OCc1ccccc1)N1CCCC(CCS)C1. The van der Waals surface area contributed by atoms with Gasteiger partial charge < -0.3 is 9.64 Å². The molecule has 1 aromatic rings. The Hall–Kier alpha value is -1.16. The Morgan fingerprint density at radius 1 is 1.37 bits per heavy atom. The van der Waals surface area contributed by atoms with Gasteiger partial charge in [0.05, 0.1) is 0 Å². The van der Waals surface area contributed by atoms with Gasteiger partial charge in [0, 0.05) is 13.1 Å². The highest BCUT2D eigenvalue weighted by Crippen LogP contribution is 2.20. The highest BCUT2D eigenvalue weighted by atomic mass is 32.1. The van der Waals surface area contributed by atoms with Crippen molar-refractivity contribution in [2.45, 2.75) is 25.9 Å². The second-order valence-electron chi connectivity index (χ2n) is 5.01. The van der Waals surface area contributed by atoms with Crippen molar-refractivity contribution in [2.75, 3.05) is 18.8 Å². The number of rotatable bonds is 4. The van der Waals surface area contributed by atoms with E-state index < -0.39 is 0 Å². The minimum Gasteiger partial charge on any atom is -0.445 e. The smallest absolute Gasteiger partial charge is 0.410 e.